The highest BCUT2D eigenvalue weighted by Gasteiger charge is 2.26. The Kier molecular flexibility index (Phi) is 4.83. The molecule has 0 aliphatic heterocycles. The van der Waals surface area contributed by atoms with Gasteiger partial charge in [-0.05, 0) is 38.1 Å². The summed E-state index contributed by atoms with van der Waals surface area (Å²) < 4.78 is 70.0. The summed E-state index contributed by atoms with van der Waals surface area (Å²) in [6, 6.07) is 6.49. The molecule has 0 aliphatic carbocycles. The Morgan fingerprint density at radius 3 is 2.22 bits per heavy atom. The maximum absolute atomic E-state index is 14.6. The fraction of sp³-hybridized carbons (Fsp3) is 0.167. The van der Waals surface area contributed by atoms with Gasteiger partial charge in [-0.1, -0.05) is 22.3 Å². The lowest BCUT2D eigenvalue weighted by molar-refractivity contribution is 0.332. The first-order valence-corrected chi connectivity index (χ1v) is 9.32. The molecule has 9 heteroatoms. The number of primary sulfonamides is 1. The van der Waals surface area contributed by atoms with Gasteiger partial charge in [0.1, 0.15) is 22.2 Å². The van der Waals surface area contributed by atoms with E-state index < -0.39 is 33.2 Å². The quantitative estimate of drug-likeness (QED) is 0.722. The summed E-state index contributed by atoms with van der Waals surface area (Å²) in [6.07, 6.45) is 0. The molecule has 3 rings (SSSR count). The number of hydrogen-bond acceptors (Lipinski definition) is 4. The summed E-state index contributed by atoms with van der Waals surface area (Å²) in [6.45, 7) is 2.58. The van der Waals surface area contributed by atoms with Crippen molar-refractivity contribution in [3.05, 3.63) is 58.9 Å². The predicted octanol–water partition coefficient (Wildman–Crippen LogP) is 4.02. The summed E-state index contributed by atoms with van der Waals surface area (Å²) >= 11 is 0. The Labute approximate surface area is 153 Å². The molecular formula is C18H15F3N2O3S. The van der Waals surface area contributed by atoms with E-state index in [4.69, 9.17) is 9.66 Å². The van der Waals surface area contributed by atoms with Crippen molar-refractivity contribution in [2.75, 3.05) is 0 Å². The van der Waals surface area contributed by atoms with Gasteiger partial charge in [0.25, 0.3) is 0 Å². The van der Waals surface area contributed by atoms with Crippen LogP contribution in [0.5, 0.6) is 0 Å². The van der Waals surface area contributed by atoms with Crippen molar-refractivity contribution in [3.63, 3.8) is 0 Å². The van der Waals surface area contributed by atoms with Crippen LogP contribution in [0, 0.1) is 25.5 Å². The molecule has 5 nitrogen and oxygen atoms in total. The largest absolute Gasteiger partial charge is 0.357 e. The standard InChI is InChI=1S/C18H15F3N2O3S/c1-9-3-10(2)5-11(4-9)18-17(15(8-19)26-23-18)12-6-14(21)16(7-13(12)20)27(22,24)25/h3-7H,8H2,1-2H3,(H2,22,24,25). The van der Waals surface area contributed by atoms with Crippen LogP contribution in [0.3, 0.4) is 0 Å². The van der Waals surface area contributed by atoms with E-state index in [1.54, 1.807) is 12.1 Å². The second-order valence-corrected chi connectivity index (χ2v) is 7.68. The van der Waals surface area contributed by atoms with Crippen molar-refractivity contribution in [2.45, 2.75) is 25.4 Å². The summed E-state index contributed by atoms with van der Waals surface area (Å²) in [5.41, 5.74) is 1.97. The molecule has 0 aliphatic rings. The molecule has 0 unspecified atom stereocenters. The van der Waals surface area contributed by atoms with Crippen LogP contribution in [-0.2, 0) is 16.7 Å². The van der Waals surface area contributed by atoms with Crippen molar-refractivity contribution >= 4 is 10.0 Å². The van der Waals surface area contributed by atoms with Gasteiger partial charge in [0.05, 0.1) is 5.56 Å². The van der Waals surface area contributed by atoms with E-state index in [2.05, 4.69) is 5.16 Å². The van der Waals surface area contributed by atoms with Crippen LogP contribution in [-0.4, -0.2) is 13.6 Å². The Balaban J connectivity index is 2.29. The summed E-state index contributed by atoms with van der Waals surface area (Å²) in [5, 5.41) is 8.69. The molecule has 0 bridgehead atoms. The molecule has 142 valence electrons. The lowest BCUT2D eigenvalue weighted by Crippen LogP contribution is -2.14. The fourth-order valence-electron chi connectivity index (χ4n) is 2.94. The maximum atomic E-state index is 14.6. The molecule has 3 aromatic rings. The third-order valence-corrected chi connectivity index (χ3v) is 4.90. The van der Waals surface area contributed by atoms with Gasteiger partial charge in [-0.2, -0.15) is 0 Å². The molecule has 0 radical (unpaired) electrons. The highest BCUT2D eigenvalue weighted by molar-refractivity contribution is 7.89. The summed E-state index contributed by atoms with van der Waals surface area (Å²) in [7, 11) is -4.46. The van der Waals surface area contributed by atoms with E-state index in [0.717, 1.165) is 11.1 Å². The number of halogens is 3. The molecule has 2 N–H and O–H groups in total. The number of benzene rings is 2. The minimum absolute atomic E-state index is 0.0835. The zero-order chi connectivity index (χ0) is 19.9. The van der Waals surface area contributed by atoms with Crippen LogP contribution in [0.2, 0.25) is 0 Å². The number of hydrogen-bond donors (Lipinski definition) is 1. The van der Waals surface area contributed by atoms with Crippen LogP contribution in [0.25, 0.3) is 22.4 Å². The first-order valence-electron chi connectivity index (χ1n) is 7.77. The molecule has 2 aromatic carbocycles. The van der Waals surface area contributed by atoms with Gasteiger partial charge < -0.3 is 4.52 Å². The highest BCUT2D eigenvalue weighted by atomic mass is 32.2. The van der Waals surface area contributed by atoms with E-state index in [9.17, 15) is 21.6 Å². The number of alkyl halides is 1. The van der Waals surface area contributed by atoms with Gasteiger partial charge in [0.2, 0.25) is 10.0 Å². The molecule has 0 fully saturated rings. The SMILES string of the molecule is Cc1cc(C)cc(-c2noc(CF)c2-c2cc(F)c(S(N)(=O)=O)cc2F)c1. The van der Waals surface area contributed by atoms with E-state index in [0.29, 0.717) is 17.7 Å². The zero-order valence-electron chi connectivity index (χ0n) is 14.4. The molecule has 27 heavy (non-hydrogen) atoms. The van der Waals surface area contributed by atoms with Gasteiger partial charge in [-0.25, -0.2) is 26.7 Å². The number of nitrogens with zero attached hydrogens (tertiary/aromatic N) is 1. The van der Waals surface area contributed by atoms with Gasteiger partial charge >= 0.3 is 0 Å². The molecule has 0 spiro atoms. The smallest absolute Gasteiger partial charge is 0.241 e. The van der Waals surface area contributed by atoms with Gasteiger partial charge in [0.15, 0.2) is 12.4 Å². The van der Waals surface area contributed by atoms with Crippen LogP contribution >= 0.6 is 0 Å². The predicted molar refractivity (Wildman–Crippen MR) is 93.0 cm³/mol. The molecule has 0 saturated heterocycles. The average molecular weight is 396 g/mol. The van der Waals surface area contributed by atoms with Crippen LogP contribution < -0.4 is 5.14 Å². The maximum Gasteiger partial charge on any atom is 0.241 e. The van der Waals surface area contributed by atoms with Crippen LogP contribution in [0.15, 0.2) is 39.8 Å². The van der Waals surface area contributed by atoms with Crippen LogP contribution in [0.4, 0.5) is 13.2 Å². The van der Waals surface area contributed by atoms with Crippen molar-refractivity contribution in [1.82, 2.24) is 5.16 Å². The highest BCUT2D eigenvalue weighted by Crippen LogP contribution is 2.38. The monoisotopic (exact) mass is 396 g/mol. The normalized spacial score (nSPS) is 11.8. The third kappa shape index (κ3) is 3.60. The van der Waals surface area contributed by atoms with Crippen molar-refractivity contribution in [2.24, 2.45) is 5.14 Å². The van der Waals surface area contributed by atoms with E-state index in [-0.39, 0.29) is 22.6 Å². The minimum Gasteiger partial charge on any atom is -0.357 e. The Morgan fingerprint density at radius 2 is 1.67 bits per heavy atom. The Hall–Kier alpha value is -2.65. The minimum atomic E-state index is -4.46. The fourth-order valence-corrected chi connectivity index (χ4v) is 3.54. The van der Waals surface area contributed by atoms with Crippen molar-refractivity contribution in [1.29, 1.82) is 0 Å². The first kappa shape index (κ1) is 19.1. The first-order chi connectivity index (χ1) is 12.6. The lowest BCUT2D eigenvalue weighted by atomic mass is 9.96. The van der Waals surface area contributed by atoms with Crippen LogP contribution in [0.1, 0.15) is 16.9 Å². The van der Waals surface area contributed by atoms with E-state index >= 15 is 0 Å². The topological polar surface area (TPSA) is 86.2 Å². The Morgan fingerprint density at radius 1 is 1.04 bits per heavy atom. The summed E-state index contributed by atoms with van der Waals surface area (Å²) in [5.74, 6) is -2.65. The number of aromatic nitrogens is 1. The average Bonchev–Trinajstić information content (AvgIpc) is 2.98. The zero-order valence-corrected chi connectivity index (χ0v) is 15.2. The van der Waals surface area contributed by atoms with Gasteiger partial charge in [-0.15, -0.1) is 0 Å². The van der Waals surface area contributed by atoms with Gasteiger partial charge in [-0.3, -0.25) is 0 Å². The summed E-state index contributed by atoms with van der Waals surface area (Å²) in [4.78, 5) is -0.991. The number of nitrogens with two attached hydrogens (primary N) is 1. The van der Waals surface area contributed by atoms with E-state index in [1.807, 2.05) is 19.9 Å². The van der Waals surface area contributed by atoms with Gasteiger partial charge in [0, 0.05) is 11.1 Å². The van der Waals surface area contributed by atoms with E-state index in [1.165, 1.54) is 0 Å². The molecule has 0 atom stereocenters. The number of aryl methyl sites for hydroxylation is 2. The molecule has 0 saturated carbocycles. The molecule has 0 amide bonds. The molecular weight excluding hydrogens is 381 g/mol. The third-order valence-electron chi connectivity index (χ3n) is 3.98. The number of rotatable bonds is 4. The van der Waals surface area contributed by atoms with Crippen molar-refractivity contribution in [3.8, 4) is 22.4 Å². The Bertz CT molecular complexity index is 1120. The second kappa shape index (κ2) is 6.82. The number of sulfonamides is 1. The second-order valence-electron chi connectivity index (χ2n) is 6.15. The lowest BCUT2D eigenvalue weighted by Gasteiger charge is -2.09. The molecule has 1 heterocycles. The van der Waals surface area contributed by atoms with Crippen molar-refractivity contribution < 1.29 is 26.1 Å². The molecule has 1 aromatic heterocycles.